The summed E-state index contributed by atoms with van der Waals surface area (Å²) in [5.74, 6) is 0.806. The van der Waals surface area contributed by atoms with Gasteiger partial charge in [-0.25, -0.2) is 4.39 Å². The first-order chi connectivity index (χ1) is 9.83. The molecule has 0 aliphatic rings. The molecular formula is C16H18ClFN2O. The molecule has 0 radical (unpaired) electrons. The van der Waals surface area contributed by atoms with Crippen LogP contribution in [0.25, 0.3) is 0 Å². The van der Waals surface area contributed by atoms with Crippen molar-refractivity contribution in [1.29, 1.82) is 0 Å². The molecule has 0 saturated carbocycles. The zero-order chi connectivity index (χ0) is 15.5. The molecule has 3 nitrogen and oxygen atoms in total. The van der Waals surface area contributed by atoms with Gasteiger partial charge in [-0.05, 0) is 39.0 Å². The van der Waals surface area contributed by atoms with Crippen molar-refractivity contribution in [2.24, 2.45) is 0 Å². The van der Waals surface area contributed by atoms with E-state index in [1.54, 1.807) is 18.3 Å². The van der Waals surface area contributed by atoms with Crippen LogP contribution in [-0.2, 0) is 6.54 Å². The molecule has 112 valence electrons. The summed E-state index contributed by atoms with van der Waals surface area (Å²) in [6, 6.07) is 6.11. The largest absolute Gasteiger partial charge is 0.455 e. The second-order valence-electron chi connectivity index (χ2n) is 5.80. The summed E-state index contributed by atoms with van der Waals surface area (Å²) in [5.41, 5.74) is 0.672. The molecule has 2 rings (SSSR count). The predicted molar refractivity (Wildman–Crippen MR) is 82.3 cm³/mol. The van der Waals surface area contributed by atoms with Crippen LogP contribution in [-0.4, -0.2) is 10.5 Å². The first-order valence-electron chi connectivity index (χ1n) is 6.65. The van der Waals surface area contributed by atoms with Crippen LogP contribution >= 0.6 is 11.6 Å². The van der Waals surface area contributed by atoms with E-state index in [1.165, 1.54) is 18.3 Å². The lowest BCUT2D eigenvalue weighted by Gasteiger charge is -2.21. The second kappa shape index (κ2) is 6.41. The van der Waals surface area contributed by atoms with Crippen LogP contribution in [0.3, 0.4) is 0 Å². The van der Waals surface area contributed by atoms with Crippen molar-refractivity contribution in [3.05, 3.63) is 53.1 Å². The zero-order valence-electron chi connectivity index (χ0n) is 12.3. The molecule has 1 heterocycles. The Hall–Kier alpha value is -1.65. The third-order valence-electron chi connectivity index (χ3n) is 2.74. The van der Waals surface area contributed by atoms with E-state index in [0.717, 1.165) is 5.56 Å². The molecule has 0 fully saturated rings. The van der Waals surface area contributed by atoms with Crippen LogP contribution in [0.15, 0.2) is 36.7 Å². The molecule has 0 aliphatic carbocycles. The Morgan fingerprint density at radius 2 is 2.00 bits per heavy atom. The highest BCUT2D eigenvalue weighted by Gasteiger charge is 2.12. The maximum absolute atomic E-state index is 13.5. The fraction of sp³-hybridized carbons (Fsp3) is 0.312. The summed E-state index contributed by atoms with van der Waals surface area (Å²) < 4.78 is 19.2. The van der Waals surface area contributed by atoms with Crippen molar-refractivity contribution >= 4 is 11.6 Å². The normalized spacial score (nSPS) is 11.5. The molecule has 0 bridgehead atoms. The van der Waals surface area contributed by atoms with E-state index in [0.29, 0.717) is 23.1 Å². The van der Waals surface area contributed by atoms with E-state index in [4.69, 9.17) is 16.3 Å². The van der Waals surface area contributed by atoms with E-state index >= 15 is 0 Å². The number of hydrogen-bond donors (Lipinski definition) is 1. The maximum atomic E-state index is 13.5. The fourth-order valence-electron chi connectivity index (χ4n) is 1.72. The number of nitrogens with one attached hydrogen (secondary N) is 1. The molecule has 5 heteroatoms. The number of nitrogens with zero attached hydrogens (tertiary/aromatic N) is 1. The predicted octanol–water partition coefficient (Wildman–Crippen LogP) is 4.55. The zero-order valence-corrected chi connectivity index (χ0v) is 13.0. The van der Waals surface area contributed by atoms with Gasteiger partial charge in [-0.3, -0.25) is 4.98 Å². The monoisotopic (exact) mass is 308 g/mol. The first-order valence-corrected chi connectivity index (χ1v) is 7.03. The third-order valence-corrected chi connectivity index (χ3v) is 2.95. The minimum atomic E-state index is -0.294. The number of halogens is 2. The molecule has 2 aromatic rings. The molecule has 0 amide bonds. The Morgan fingerprint density at radius 3 is 2.67 bits per heavy atom. The van der Waals surface area contributed by atoms with E-state index in [9.17, 15) is 4.39 Å². The summed E-state index contributed by atoms with van der Waals surface area (Å²) in [6.07, 6.45) is 3.09. The average Bonchev–Trinajstić information content (AvgIpc) is 2.38. The summed E-state index contributed by atoms with van der Waals surface area (Å²) in [7, 11) is 0. The van der Waals surface area contributed by atoms with Crippen LogP contribution in [0.2, 0.25) is 5.02 Å². The van der Waals surface area contributed by atoms with Gasteiger partial charge in [0.05, 0.1) is 11.2 Å². The van der Waals surface area contributed by atoms with Gasteiger partial charge in [0.25, 0.3) is 0 Å². The maximum Gasteiger partial charge on any atom is 0.147 e. The van der Waals surface area contributed by atoms with Crippen molar-refractivity contribution < 1.29 is 9.13 Å². The smallest absolute Gasteiger partial charge is 0.147 e. The van der Waals surface area contributed by atoms with Gasteiger partial charge in [-0.15, -0.1) is 0 Å². The summed E-state index contributed by atoms with van der Waals surface area (Å²) in [5, 5.41) is 3.80. The molecule has 0 saturated heterocycles. The van der Waals surface area contributed by atoms with Crippen LogP contribution in [0.1, 0.15) is 26.3 Å². The summed E-state index contributed by atoms with van der Waals surface area (Å²) in [4.78, 5) is 3.97. The van der Waals surface area contributed by atoms with E-state index in [1.807, 2.05) is 20.8 Å². The highest BCUT2D eigenvalue weighted by atomic mass is 35.5. The molecule has 0 aliphatic heterocycles. The van der Waals surface area contributed by atoms with Gasteiger partial charge in [0.1, 0.15) is 17.3 Å². The Bertz CT molecular complexity index is 626. The number of pyridine rings is 1. The number of benzene rings is 1. The Labute approximate surface area is 129 Å². The molecular weight excluding hydrogens is 291 g/mol. The lowest BCUT2D eigenvalue weighted by molar-refractivity contribution is 0.412. The van der Waals surface area contributed by atoms with Crippen LogP contribution in [0.5, 0.6) is 11.5 Å². The molecule has 1 aromatic carbocycles. The number of ether oxygens (including phenoxy) is 1. The molecule has 1 N–H and O–H groups in total. The van der Waals surface area contributed by atoms with Gasteiger partial charge in [0.15, 0.2) is 0 Å². The number of rotatable bonds is 4. The van der Waals surface area contributed by atoms with Gasteiger partial charge in [-0.1, -0.05) is 11.6 Å². The topological polar surface area (TPSA) is 34.1 Å². The number of hydrogen-bond acceptors (Lipinski definition) is 3. The van der Waals surface area contributed by atoms with Crippen molar-refractivity contribution in [2.45, 2.75) is 32.9 Å². The van der Waals surface area contributed by atoms with Gasteiger partial charge in [0, 0.05) is 29.9 Å². The first kappa shape index (κ1) is 15.7. The standard InChI is InChI=1S/C16H18ClFN2O/c1-16(2,3)20-8-11-6-13(18)4-5-15(11)21-14-7-12(17)9-19-10-14/h4-7,9-10,20H,8H2,1-3H3. The summed E-state index contributed by atoms with van der Waals surface area (Å²) in [6.45, 7) is 6.65. The van der Waals surface area contributed by atoms with Crippen molar-refractivity contribution in [1.82, 2.24) is 10.3 Å². The van der Waals surface area contributed by atoms with Gasteiger partial charge in [-0.2, -0.15) is 0 Å². The van der Waals surface area contributed by atoms with Gasteiger partial charge < -0.3 is 10.1 Å². The second-order valence-corrected chi connectivity index (χ2v) is 6.23. The Kier molecular flexibility index (Phi) is 4.80. The van der Waals surface area contributed by atoms with E-state index in [-0.39, 0.29) is 11.4 Å². The van der Waals surface area contributed by atoms with E-state index in [2.05, 4.69) is 10.3 Å². The van der Waals surface area contributed by atoms with E-state index < -0.39 is 0 Å². The SMILES string of the molecule is CC(C)(C)NCc1cc(F)ccc1Oc1cncc(Cl)c1. The molecule has 0 atom stereocenters. The minimum Gasteiger partial charge on any atom is -0.455 e. The van der Waals surface area contributed by atoms with Crippen molar-refractivity contribution in [3.63, 3.8) is 0 Å². The molecule has 1 aromatic heterocycles. The van der Waals surface area contributed by atoms with Crippen LogP contribution in [0, 0.1) is 5.82 Å². The molecule has 21 heavy (non-hydrogen) atoms. The Balaban J connectivity index is 2.22. The van der Waals surface area contributed by atoms with Crippen molar-refractivity contribution in [3.8, 4) is 11.5 Å². The number of aromatic nitrogens is 1. The minimum absolute atomic E-state index is 0.0683. The van der Waals surface area contributed by atoms with Crippen LogP contribution in [0.4, 0.5) is 4.39 Å². The Morgan fingerprint density at radius 1 is 1.24 bits per heavy atom. The van der Waals surface area contributed by atoms with Gasteiger partial charge in [0.2, 0.25) is 0 Å². The lowest BCUT2D eigenvalue weighted by atomic mass is 10.1. The average molecular weight is 309 g/mol. The highest BCUT2D eigenvalue weighted by molar-refractivity contribution is 6.30. The van der Waals surface area contributed by atoms with Gasteiger partial charge >= 0.3 is 0 Å². The quantitative estimate of drug-likeness (QED) is 0.899. The fourth-order valence-corrected chi connectivity index (χ4v) is 1.89. The molecule has 0 spiro atoms. The third kappa shape index (κ3) is 4.99. The van der Waals surface area contributed by atoms with Crippen LogP contribution < -0.4 is 10.1 Å². The lowest BCUT2D eigenvalue weighted by Crippen LogP contribution is -2.35. The highest BCUT2D eigenvalue weighted by Crippen LogP contribution is 2.27. The van der Waals surface area contributed by atoms with Crippen molar-refractivity contribution in [2.75, 3.05) is 0 Å². The summed E-state index contributed by atoms with van der Waals surface area (Å²) >= 11 is 5.88. The molecule has 0 unspecified atom stereocenters.